The average Bonchev–Trinajstić information content (AvgIpc) is 3.23. The highest BCUT2D eigenvalue weighted by Crippen LogP contribution is 2.35. The number of carbonyl (C=O) groups is 1. The number of fused-ring (bicyclic) bond motifs is 3. The first-order chi connectivity index (χ1) is 17.0. The second-order valence-electron chi connectivity index (χ2n) is 10.7. The Balaban J connectivity index is 1.55. The maximum atomic E-state index is 12.5. The molecule has 2 aliphatic heterocycles. The highest BCUT2D eigenvalue weighted by atomic mass is 16.6. The van der Waals surface area contributed by atoms with Gasteiger partial charge in [0.05, 0.1) is 19.8 Å². The van der Waals surface area contributed by atoms with Gasteiger partial charge in [-0.3, -0.25) is 4.90 Å². The van der Waals surface area contributed by atoms with Crippen LogP contribution in [-0.2, 0) is 26.4 Å². The predicted octanol–water partition coefficient (Wildman–Crippen LogP) is 3.97. The molecular weight excluding hydrogens is 460 g/mol. The third-order valence-corrected chi connectivity index (χ3v) is 6.38. The number of carbonyl (C=O) groups excluding carboxylic acids is 1. The van der Waals surface area contributed by atoms with Gasteiger partial charge < -0.3 is 23.7 Å². The molecule has 0 radical (unpaired) electrons. The van der Waals surface area contributed by atoms with E-state index in [9.17, 15) is 4.79 Å². The van der Waals surface area contributed by atoms with E-state index in [1.54, 1.807) is 7.05 Å². The van der Waals surface area contributed by atoms with Gasteiger partial charge in [0, 0.05) is 37.9 Å². The van der Waals surface area contributed by atoms with E-state index in [4.69, 9.17) is 29.2 Å². The first-order valence-electron chi connectivity index (χ1n) is 12.4. The average molecular weight is 495 g/mol. The van der Waals surface area contributed by atoms with Crippen LogP contribution in [0.15, 0.2) is 24.3 Å². The van der Waals surface area contributed by atoms with E-state index < -0.39 is 17.3 Å². The molecule has 0 saturated carbocycles. The summed E-state index contributed by atoms with van der Waals surface area (Å²) in [5.74, 6) is 2.28. The van der Waals surface area contributed by atoms with Gasteiger partial charge in [-0.15, -0.1) is 0 Å². The van der Waals surface area contributed by atoms with Gasteiger partial charge in [0.15, 0.2) is 22.8 Å². The number of morpholine rings is 1. The molecule has 3 aromatic rings. The minimum Gasteiger partial charge on any atom is -0.443 e. The van der Waals surface area contributed by atoms with E-state index in [0.29, 0.717) is 32.2 Å². The van der Waals surface area contributed by atoms with Crippen LogP contribution in [0.3, 0.4) is 0 Å². The Morgan fingerprint density at radius 2 is 1.72 bits per heavy atom. The van der Waals surface area contributed by atoms with Crippen molar-refractivity contribution in [2.75, 3.05) is 49.8 Å². The van der Waals surface area contributed by atoms with Crippen LogP contribution in [0.4, 0.5) is 16.3 Å². The van der Waals surface area contributed by atoms with Crippen molar-refractivity contribution in [2.24, 2.45) is 0 Å². The molecule has 192 valence electrons. The highest BCUT2D eigenvalue weighted by molar-refractivity contribution is 5.88. The maximum Gasteiger partial charge on any atom is 0.414 e. The van der Waals surface area contributed by atoms with Crippen molar-refractivity contribution in [3.63, 3.8) is 0 Å². The third-order valence-electron chi connectivity index (χ3n) is 6.38. The summed E-state index contributed by atoms with van der Waals surface area (Å²) in [7, 11) is 1.70. The van der Waals surface area contributed by atoms with E-state index >= 15 is 0 Å². The van der Waals surface area contributed by atoms with Crippen LogP contribution in [-0.4, -0.2) is 71.2 Å². The van der Waals surface area contributed by atoms with Crippen LogP contribution in [0.5, 0.6) is 0 Å². The molecule has 36 heavy (non-hydrogen) atoms. The Labute approximate surface area is 211 Å². The lowest BCUT2D eigenvalue weighted by Crippen LogP contribution is -2.37. The second kappa shape index (κ2) is 9.01. The standard InChI is InChI=1S/C26H34N6O4/c1-25(2,3)36-24(33)30(6)18-9-7-17(8-10-18)20-28-21(31-11-14-34-15-12-31)19-22(29-20)32-13-16-35-26(4,5)23(32)27-19/h7-10H,11-16H2,1-6H3. The summed E-state index contributed by atoms with van der Waals surface area (Å²) in [6.07, 6.45) is -0.404. The largest absolute Gasteiger partial charge is 0.443 e. The van der Waals surface area contributed by atoms with Crippen LogP contribution >= 0.6 is 0 Å². The molecule has 0 bridgehead atoms. The van der Waals surface area contributed by atoms with Gasteiger partial charge in [-0.25, -0.2) is 19.7 Å². The molecular formula is C26H34N6O4. The monoisotopic (exact) mass is 494 g/mol. The summed E-state index contributed by atoms with van der Waals surface area (Å²) < 4.78 is 19.2. The lowest BCUT2D eigenvalue weighted by Gasteiger charge is -2.30. The predicted molar refractivity (Wildman–Crippen MR) is 137 cm³/mol. The van der Waals surface area contributed by atoms with E-state index in [2.05, 4.69) is 9.47 Å². The third kappa shape index (κ3) is 4.62. The molecule has 10 heteroatoms. The number of nitrogens with zero attached hydrogens (tertiary/aromatic N) is 6. The number of hydrogen-bond donors (Lipinski definition) is 0. The summed E-state index contributed by atoms with van der Waals surface area (Å²) in [5, 5.41) is 0. The van der Waals surface area contributed by atoms with Crippen molar-refractivity contribution in [2.45, 2.75) is 52.4 Å². The molecule has 5 rings (SSSR count). The quantitative estimate of drug-likeness (QED) is 0.540. The first kappa shape index (κ1) is 24.5. The molecule has 0 aliphatic carbocycles. The number of imidazole rings is 1. The number of aromatic nitrogens is 4. The number of ether oxygens (including phenoxy) is 3. The zero-order chi connectivity index (χ0) is 25.7. The van der Waals surface area contributed by atoms with Crippen molar-refractivity contribution in [1.29, 1.82) is 0 Å². The van der Waals surface area contributed by atoms with Gasteiger partial charge in [-0.05, 0) is 58.9 Å². The number of rotatable bonds is 3. The van der Waals surface area contributed by atoms with Crippen LogP contribution in [0.25, 0.3) is 22.6 Å². The molecule has 1 amide bonds. The molecule has 10 nitrogen and oxygen atoms in total. The number of anilines is 2. The number of amides is 1. The molecule has 2 aliphatic rings. The lowest BCUT2D eigenvalue weighted by atomic mass is 10.1. The zero-order valence-electron chi connectivity index (χ0n) is 21.9. The van der Waals surface area contributed by atoms with Crippen LogP contribution in [0.1, 0.15) is 40.4 Å². The molecule has 1 saturated heterocycles. The second-order valence-corrected chi connectivity index (χ2v) is 10.7. The summed E-state index contributed by atoms with van der Waals surface area (Å²) >= 11 is 0. The van der Waals surface area contributed by atoms with Gasteiger partial charge in [-0.2, -0.15) is 0 Å². The smallest absolute Gasteiger partial charge is 0.414 e. The van der Waals surface area contributed by atoms with E-state index in [1.165, 1.54) is 4.90 Å². The Hall–Kier alpha value is -3.24. The normalized spacial score (nSPS) is 17.7. The van der Waals surface area contributed by atoms with Gasteiger partial charge in [0.1, 0.15) is 17.0 Å². The molecule has 2 aromatic heterocycles. The summed E-state index contributed by atoms with van der Waals surface area (Å²) in [5.41, 5.74) is 2.11. The maximum absolute atomic E-state index is 12.5. The Morgan fingerprint density at radius 3 is 2.39 bits per heavy atom. The fourth-order valence-corrected chi connectivity index (χ4v) is 4.51. The zero-order valence-corrected chi connectivity index (χ0v) is 21.9. The van der Waals surface area contributed by atoms with Gasteiger partial charge in [0.25, 0.3) is 0 Å². The van der Waals surface area contributed by atoms with Crippen molar-refractivity contribution in [3.8, 4) is 11.4 Å². The number of hydrogen-bond acceptors (Lipinski definition) is 8. The molecule has 0 atom stereocenters. The number of benzene rings is 1. The van der Waals surface area contributed by atoms with E-state index in [0.717, 1.165) is 47.1 Å². The minimum atomic E-state index is -0.561. The molecule has 1 fully saturated rings. The SMILES string of the molecule is CN(C(=O)OC(C)(C)C)c1ccc(-c2nc(N3CCOCC3)c3nc4n(c3n2)CCOC4(C)C)cc1. The Morgan fingerprint density at radius 1 is 1.03 bits per heavy atom. The summed E-state index contributed by atoms with van der Waals surface area (Å²) in [6.45, 7) is 13.7. The van der Waals surface area contributed by atoms with Crippen LogP contribution in [0, 0.1) is 0 Å². The Bertz CT molecular complexity index is 1270. The van der Waals surface area contributed by atoms with Crippen molar-refractivity contribution < 1.29 is 19.0 Å². The van der Waals surface area contributed by atoms with Gasteiger partial charge in [-0.1, -0.05) is 0 Å². The first-order valence-corrected chi connectivity index (χ1v) is 12.4. The topological polar surface area (TPSA) is 94.8 Å². The summed E-state index contributed by atoms with van der Waals surface area (Å²) in [6, 6.07) is 7.62. The van der Waals surface area contributed by atoms with Gasteiger partial charge in [0.2, 0.25) is 0 Å². The van der Waals surface area contributed by atoms with Crippen LogP contribution < -0.4 is 9.80 Å². The van der Waals surface area contributed by atoms with E-state index in [-0.39, 0.29) is 0 Å². The fraction of sp³-hybridized carbons (Fsp3) is 0.538. The van der Waals surface area contributed by atoms with E-state index in [1.807, 2.05) is 58.9 Å². The van der Waals surface area contributed by atoms with Crippen molar-refractivity contribution in [3.05, 3.63) is 30.1 Å². The summed E-state index contributed by atoms with van der Waals surface area (Å²) in [4.78, 5) is 31.1. The minimum absolute atomic E-state index is 0.404. The lowest BCUT2D eigenvalue weighted by molar-refractivity contribution is -0.0530. The van der Waals surface area contributed by atoms with Crippen molar-refractivity contribution >= 4 is 28.8 Å². The molecule has 0 unspecified atom stereocenters. The fourth-order valence-electron chi connectivity index (χ4n) is 4.51. The molecule has 0 N–H and O–H groups in total. The highest BCUT2D eigenvalue weighted by Gasteiger charge is 2.34. The Kier molecular flexibility index (Phi) is 6.12. The molecule has 0 spiro atoms. The van der Waals surface area contributed by atoms with Gasteiger partial charge >= 0.3 is 6.09 Å². The van der Waals surface area contributed by atoms with Crippen molar-refractivity contribution in [1.82, 2.24) is 19.5 Å². The van der Waals surface area contributed by atoms with Crippen LogP contribution in [0.2, 0.25) is 0 Å². The molecule has 4 heterocycles. The molecule has 1 aromatic carbocycles.